The predicted octanol–water partition coefficient (Wildman–Crippen LogP) is 1.79. The van der Waals surface area contributed by atoms with Crippen LogP contribution in [0.4, 0.5) is 0 Å². The van der Waals surface area contributed by atoms with Gasteiger partial charge in [0.15, 0.2) is 0 Å². The van der Waals surface area contributed by atoms with Crippen LogP contribution in [-0.2, 0) is 14.8 Å². The van der Waals surface area contributed by atoms with E-state index in [4.69, 9.17) is 9.47 Å². The number of aliphatic hydroxyl groups excluding tert-OH is 1. The number of hydrogen-bond acceptors (Lipinski definition) is 6. The molecule has 0 radical (unpaired) electrons. The van der Waals surface area contributed by atoms with Gasteiger partial charge in [0, 0.05) is 44.3 Å². The SMILES string of the molecule is COCC#Cc1ccc2c(c1)O[C@H](CN(C)CC1CC1)[C@H](C)CN([C@H](C)CO)S2(=O)=O. The molecular formula is C23H34N2O5S. The zero-order valence-corrected chi connectivity index (χ0v) is 19.7. The van der Waals surface area contributed by atoms with Gasteiger partial charge in [-0.2, -0.15) is 4.31 Å². The molecule has 1 heterocycles. The van der Waals surface area contributed by atoms with Crippen molar-refractivity contribution in [2.75, 3.05) is 47.0 Å². The van der Waals surface area contributed by atoms with Gasteiger partial charge in [0.25, 0.3) is 0 Å². The average molecular weight is 451 g/mol. The second-order valence-electron chi connectivity index (χ2n) is 8.80. The second kappa shape index (κ2) is 10.3. The number of hydrogen-bond donors (Lipinski definition) is 1. The van der Waals surface area contributed by atoms with E-state index in [0.717, 1.165) is 12.5 Å². The predicted molar refractivity (Wildman–Crippen MR) is 119 cm³/mol. The molecule has 1 N–H and O–H groups in total. The van der Waals surface area contributed by atoms with Crippen molar-refractivity contribution in [1.82, 2.24) is 9.21 Å². The molecule has 1 aromatic carbocycles. The van der Waals surface area contributed by atoms with E-state index < -0.39 is 16.1 Å². The number of nitrogens with zero attached hydrogens (tertiary/aromatic N) is 2. The van der Waals surface area contributed by atoms with Gasteiger partial charge in [0.2, 0.25) is 10.0 Å². The first-order valence-electron chi connectivity index (χ1n) is 10.9. The minimum Gasteiger partial charge on any atom is -0.487 e. The zero-order valence-electron chi connectivity index (χ0n) is 18.9. The van der Waals surface area contributed by atoms with Crippen molar-refractivity contribution in [2.24, 2.45) is 11.8 Å². The van der Waals surface area contributed by atoms with Gasteiger partial charge >= 0.3 is 0 Å². The maximum absolute atomic E-state index is 13.4. The molecule has 1 aliphatic heterocycles. The van der Waals surface area contributed by atoms with Crippen molar-refractivity contribution in [3.8, 4) is 17.6 Å². The smallest absolute Gasteiger partial charge is 0.247 e. The Morgan fingerprint density at radius 2 is 2.10 bits per heavy atom. The fraction of sp³-hybridized carbons (Fsp3) is 0.652. The summed E-state index contributed by atoms with van der Waals surface area (Å²) in [6.45, 7) is 5.81. The molecule has 3 rings (SSSR count). The van der Waals surface area contributed by atoms with Crippen LogP contribution in [0.15, 0.2) is 23.1 Å². The van der Waals surface area contributed by atoms with Crippen LogP contribution in [0.1, 0.15) is 32.3 Å². The zero-order chi connectivity index (χ0) is 22.6. The molecule has 1 aromatic rings. The Morgan fingerprint density at radius 3 is 2.74 bits per heavy atom. The van der Waals surface area contributed by atoms with Gasteiger partial charge in [-0.1, -0.05) is 18.8 Å². The van der Waals surface area contributed by atoms with Crippen LogP contribution in [0.2, 0.25) is 0 Å². The average Bonchev–Trinajstić information content (AvgIpc) is 3.54. The molecule has 1 aliphatic carbocycles. The van der Waals surface area contributed by atoms with E-state index in [1.807, 2.05) is 6.92 Å². The molecule has 1 fully saturated rings. The Balaban J connectivity index is 1.98. The highest BCUT2D eigenvalue weighted by Crippen LogP contribution is 2.35. The number of sulfonamides is 1. The van der Waals surface area contributed by atoms with Crippen molar-refractivity contribution in [3.63, 3.8) is 0 Å². The molecule has 31 heavy (non-hydrogen) atoms. The van der Waals surface area contributed by atoms with Crippen molar-refractivity contribution >= 4 is 10.0 Å². The quantitative estimate of drug-likeness (QED) is 0.638. The summed E-state index contributed by atoms with van der Waals surface area (Å²) in [5, 5.41) is 9.72. The molecule has 3 atom stereocenters. The lowest BCUT2D eigenvalue weighted by Crippen LogP contribution is -2.49. The van der Waals surface area contributed by atoms with E-state index in [1.165, 1.54) is 17.1 Å². The molecule has 2 aliphatic rings. The number of aliphatic hydroxyl groups is 1. The van der Waals surface area contributed by atoms with Crippen LogP contribution in [0.25, 0.3) is 0 Å². The van der Waals surface area contributed by atoms with Gasteiger partial charge in [0.05, 0.1) is 6.61 Å². The van der Waals surface area contributed by atoms with Gasteiger partial charge in [-0.05, 0) is 50.9 Å². The van der Waals surface area contributed by atoms with E-state index in [2.05, 4.69) is 23.8 Å². The summed E-state index contributed by atoms with van der Waals surface area (Å²) in [4.78, 5) is 2.39. The number of benzene rings is 1. The third kappa shape index (κ3) is 5.99. The highest BCUT2D eigenvalue weighted by atomic mass is 32.2. The van der Waals surface area contributed by atoms with Crippen molar-refractivity contribution in [3.05, 3.63) is 23.8 Å². The second-order valence-corrected chi connectivity index (χ2v) is 10.7. The fourth-order valence-electron chi connectivity index (χ4n) is 3.85. The summed E-state index contributed by atoms with van der Waals surface area (Å²) in [5.74, 6) is 6.91. The Kier molecular flexibility index (Phi) is 8.00. The summed E-state index contributed by atoms with van der Waals surface area (Å²) >= 11 is 0. The van der Waals surface area contributed by atoms with Crippen molar-refractivity contribution in [2.45, 2.75) is 43.7 Å². The number of ether oxygens (including phenoxy) is 2. The van der Waals surface area contributed by atoms with Crippen LogP contribution in [0.3, 0.4) is 0 Å². The topological polar surface area (TPSA) is 79.3 Å². The highest BCUT2D eigenvalue weighted by Gasteiger charge is 2.38. The minimum atomic E-state index is -3.83. The van der Waals surface area contributed by atoms with E-state index in [0.29, 0.717) is 31.0 Å². The van der Waals surface area contributed by atoms with Crippen LogP contribution in [-0.4, -0.2) is 81.9 Å². The van der Waals surface area contributed by atoms with Crippen molar-refractivity contribution in [1.29, 1.82) is 0 Å². The van der Waals surface area contributed by atoms with Crippen LogP contribution in [0.5, 0.6) is 5.75 Å². The lowest BCUT2D eigenvalue weighted by molar-refractivity contribution is 0.0740. The standard InChI is InChI=1S/C23H34N2O5S/c1-17-13-25(18(2)16-26)31(27,28)23-10-9-19(6-5-11-29-4)12-21(23)30-22(17)15-24(3)14-20-7-8-20/h9-10,12,17-18,20,22,26H,7-8,11,13-16H2,1-4H3/t17-,18-,22-/m1/s1. The molecule has 8 heteroatoms. The molecule has 172 valence electrons. The number of rotatable bonds is 7. The maximum atomic E-state index is 13.4. The van der Waals surface area contributed by atoms with Crippen LogP contribution in [0, 0.1) is 23.7 Å². The summed E-state index contributed by atoms with van der Waals surface area (Å²) in [6, 6.07) is 4.41. The number of fused-ring (bicyclic) bond motifs is 1. The minimum absolute atomic E-state index is 0.0539. The normalized spacial score (nSPS) is 24.3. The van der Waals surface area contributed by atoms with Gasteiger partial charge in [0.1, 0.15) is 23.4 Å². The van der Waals surface area contributed by atoms with Gasteiger partial charge in [-0.3, -0.25) is 0 Å². The first-order chi connectivity index (χ1) is 14.8. The third-order valence-electron chi connectivity index (χ3n) is 5.87. The first-order valence-corrected chi connectivity index (χ1v) is 12.3. The largest absolute Gasteiger partial charge is 0.487 e. The van der Waals surface area contributed by atoms with E-state index in [-0.39, 0.29) is 23.5 Å². The first kappa shape index (κ1) is 24.0. The Morgan fingerprint density at radius 1 is 1.35 bits per heavy atom. The highest BCUT2D eigenvalue weighted by molar-refractivity contribution is 7.89. The van der Waals surface area contributed by atoms with Crippen LogP contribution < -0.4 is 4.74 Å². The molecular weight excluding hydrogens is 416 g/mol. The molecule has 0 amide bonds. The van der Waals surface area contributed by atoms with Gasteiger partial charge < -0.3 is 19.5 Å². The van der Waals surface area contributed by atoms with E-state index >= 15 is 0 Å². The molecule has 0 bridgehead atoms. The molecule has 0 spiro atoms. The Bertz CT molecular complexity index is 920. The van der Waals surface area contributed by atoms with Crippen LogP contribution >= 0.6 is 0 Å². The molecule has 0 saturated heterocycles. The van der Waals surface area contributed by atoms with E-state index in [1.54, 1.807) is 32.2 Å². The maximum Gasteiger partial charge on any atom is 0.247 e. The lowest BCUT2D eigenvalue weighted by Gasteiger charge is -2.37. The number of methoxy groups -OCH3 is 1. The summed E-state index contributed by atoms with van der Waals surface area (Å²) in [6.07, 6.45) is 2.36. The lowest BCUT2D eigenvalue weighted by atomic mass is 10.0. The summed E-state index contributed by atoms with van der Waals surface area (Å²) < 4.78 is 39.6. The van der Waals surface area contributed by atoms with Gasteiger partial charge in [-0.15, -0.1) is 0 Å². The molecule has 0 unspecified atom stereocenters. The third-order valence-corrected chi connectivity index (χ3v) is 7.89. The monoisotopic (exact) mass is 450 g/mol. The fourth-order valence-corrected chi connectivity index (χ4v) is 5.68. The molecule has 0 aromatic heterocycles. The van der Waals surface area contributed by atoms with Crippen molar-refractivity contribution < 1.29 is 23.0 Å². The number of likely N-dealkylation sites (N-methyl/N-ethyl adjacent to an activating group) is 1. The molecule has 7 nitrogen and oxygen atoms in total. The Labute approximate surface area is 186 Å². The molecule has 1 saturated carbocycles. The summed E-state index contributed by atoms with van der Waals surface area (Å²) in [5.41, 5.74) is 0.672. The van der Waals surface area contributed by atoms with E-state index in [9.17, 15) is 13.5 Å². The summed E-state index contributed by atoms with van der Waals surface area (Å²) in [7, 11) is -0.164. The Hall–Kier alpha value is -1.63. The van der Waals surface area contributed by atoms with Gasteiger partial charge in [-0.25, -0.2) is 8.42 Å².